The summed E-state index contributed by atoms with van der Waals surface area (Å²) in [5.74, 6) is 0.992. The Kier molecular flexibility index (Phi) is 8.54. The van der Waals surface area contributed by atoms with Crippen molar-refractivity contribution in [2.45, 2.75) is 51.6 Å². The summed E-state index contributed by atoms with van der Waals surface area (Å²) in [5, 5.41) is 17.0. The average molecular weight is 605 g/mol. The number of halogens is 1. The lowest BCUT2D eigenvalue weighted by atomic mass is 9.88. The highest BCUT2D eigenvalue weighted by Gasteiger charge is 2.24. The van der Waals surface area contributed by atoms with Crippen molar-refractivity contribution >= 4 is 38.7 Å². The maximum absolute atomic E-state index is 13.6. The fourth-order valence-electron chi connectivity index (χ4n) is 4.98. The molecule has 9 nitrogen and oxygen atoms in total. The molecular weight excluding hydrogens is 576 g/mol. The number of aromatic nitrogens is 2. The topological polar surface area (TPSA) is 109 Å². The van der Waals surface area contributed by atoms with Crippen LogP contribution in [0.4, 0.5) is 5.69 Å². The van der Waals surface area contributed by atoms with Gasteiger partial charge in [-0.05, 0) is 49.6 Å². The molecule has 0 spiro atoms. The molecule has 40 heavy (non-hydrogen) atoms. The van der Waals surface area contributed by atoms with E-state index in [4.69, 9.17) is 14.5 Å². The number of fused-ring (bicyclic) bond motifs is 1. The van der Waals surface area contributed by atoms with Crippen LogP contribution >= 0.6 is 15.9 Å². The number of nitro groups is 1. The Balaban J connectivity index is 1.57. The molecule has 0 unspecified atom stereocenters. The quantitative estimate of drug-likeness (QED) is 0.116. The predicted octanol–water partition coefficient (Wildman–Crippen LogP) is 6.97. The summed E-state index contributed by atoms with van der Waals surface area (Å²) in [6.45, 7) is 2.23. The molecule has 0 bridgehead atoms. The first-order valence-electron chi connectivity index (χ1n) is 13.3. The van der Waals surface area contributed by atoms with Crippen molar-refractivity contribution < 1.29 is 14.4 Å². The third kappa shape index (κ3) is 6.07. The maximum Gasteiger partial charge on any atom is 0.315 e. The Morgan fingerprint density at radius 3 is 2.60 bits per heavy atom. The fourth-order valence-corrected chi connectivity index (χ4v) is 5.34. The van der Waals surface area contributed by atoms with E-state index in [0.29, 0.717) is 22.3 Å². The number of hydrogen-bond donors (Lipinski definition) is 0. The Morgan fingerprint density at radius 2 is 1.88 bits per heavy atom. The minimum atomic E-state index is -0.505. The summed E-state index contributed by atoms with van der Waals surface area (Å²) in [6.07, 6.45) is 6.59. The van der Waals surface area contributed by atoms with Crippen molar-refractivity contribution in [2.24, 2.45) is 5.10 Å². The van der Waals surface area contributed by atoms with Crippen LogP contribution in [-0.2, 0) is 6.61 Å². The van der Waals surface area contributed by atoms with Gasteiger partial charge in [-0.2, -0.15) is 9.78 Å². The van der Waals surface area contributed by atoms with Gasteiger partial charge in [-0.15, -0.1) is 0 Å². The molecule has 3 aromatic carbocycles. The van der Waals surface area contributed by atoms with Gasteiger partial charge < -0.3 is 9.47 Å². The van der Waals surface area contributed by atoms with E-state index in [1.807, 2.05) is 42.5 Å². The van der Waals surface area contributed by atoms with Crippen molar-refractivity contribution in [3.63, 3.8) is 0 Å². The van der Waals surface area contributed by atoms with E-state index in [-0.39, 0.29) is 41.9 Å². The Morgan fingerprint density at radius 1 is 1.10 bits per heavy atom. The maximum atomic E-state index is 13.6. The zero-order valence-corrected chi connectivity index (χ0v) is 23.7. The third-order valence-electron chi connectivity index (χ3n) is 6.91. The number of nitrogens with zero attached hydrogens (tertiary/aromatic N) is 4. The van der Waals surface area contributed by atoms with E-state index < -0.39 is 4.92 Å². The number of nitro benzene ring substituents is 1. The minimum absolute atomic E-state index is 0.0464. The number of hydrogen-bond acceptors (Lipinski definition) is 7. The molecule has 0 N–H and O–H groups in total. The first-order chi connectivity index (χ1) is 19.4. The fraction of sp³-hybridized carbons (Fsp3) is 0.300. The molecule has 1 saturated carbocycles. The van der Waals surface area contributed by atoms with Crippen LogP contribution < -0.4 is 15.0 Å². The van der Waals surface area contributed by atoms with Gasteiger partial charge in [-0.3, -0.25) is 14.9 Å². The minimum Gasteiger partial charge on any atom is -0.490 e. The summed E-state index contributed by atoms with van der Waals surface area (Å²) in [6, 6.07) is 17.8. The van der Waals surface area contributed by atoms with Gasteiger partial charge in [0.1, 0.15) is 12.4 Å². The van der Waals surface area contributed by atoms with Crippen LogP contribution in [0.15, 0.2) is 75.0 Å². The van der Waals surface area contributed by atoms with Gasteiger partial charge in [0.05, 0.1) is 28.6 Å². The van der Waals surface area contributed by atoms with Crippen molar-refractivity contribution in [3.05, 3.63) is 103 Å². The van der Waals surface area contributed by atoms with Crippen LogP contribution in [0.5, 0.6) is 11.5 Å². The van der Waals surface area contributed by atoms with Crippen molar-refractivity contribution in [1.29, 1.82) is 0 Å². The molecule has 0 saturated heterocycles. The molecule has 1 aliphatic carbocycles. The molecule has 0 radical (unpaired) electrons. The van der Waals surface area contributed by atoms with E-state index >= 15 is 0 Å². The lowest BCUT2D eigenvalue weighted by molar-refractivity contribution is -0.386. The van der Waals surface area contributed by atoms with Gasteiger partial charge in [0, 0.05) is 22.0 Å². The number of benzene rings is 3. The molecule has 10 heteroatoms. The second kappa shape index (κ2) is 12.4. The Hall–Kier alpha value is -4.05. The van der Waals surface area contributed by atoms with Crippen LogP contribution in [0.3, 0.4) is 0 Å². The summed E-state index contributed by atoms with van der Waals surface area (Å²) in [5.41, 5.74) is 1.36. The van der Waals surface area contributed by atoms with Gasteiger partial charge in [-0.1, -0.05) is 65.5 Å². The van der Waals surface area contributed by atoms with E-state index in [0.717, 1.165) is 42.1 Å². The van der Waals surface area contributed by atoms with Crippen molar-refractivity contribution in [3.8, 4) is 11.5 Å². The van der Waals surface area contributed by atoms with Gasteiger partial charge in [0.2, 0.25) is 5.75 Å². The van der Waals surface area contributed by atoms with Gasteiger partial charge in [-0.25, -0.2) is 4.98 Å². The average Bonchev–Trinajstić information content (AvgIpc) is 2.97. The predicted molar refractivity (Wildman–Crippen MR) is 158 cm³/mol. The molecule has 0 amide bonds. The number of ether oxygens (including phenoxy) is 2. The molecule has 5 rings (SSSR count). The zero-order valence-electron chi connectivity index (χ0n) is 22.1. The Labute approximate surface area is 239 Å². The highest BCUT2D eigenvalue weighted by Crippen LogP contribution is 2.39. The van der Waals surface area contributed by atoms with Crippen molar-refractivity contribution in [1.82, 2.24) is 9.66 Å². The smallest absolute Gasteiger partial charge is 0.315 e. The Bertz CT molecular complexity index is 1610. The first-order valence-corrected chi connectivity index (χ1v) is 14.1. The molecular formula is C30H29BrN4O5. The second-order valence-electron chi connectivity index (χ2n) is 9.66. The van der Waals surface area contributed by atoms with Gasteiger partial charge in [0.25, 0.3) is 5.56 Å². The molecule has 1 aliphatic rings. The summed E-state index contributed by atoms with van der Waals surface area (Å²) >= 11 is 3.44. The van der Waals surface area contributed by atoms with Crippen molar-refractivity contribution in [2.75, 3.05) is 6.61 Å². The van der Waals surface area contributed by atoms with Crippen LogP contribution in [-0.4, -0.2) is 27.4 Å². The summed E-state index contributed by atoms with van der Waals surface area (Å²) < 4.78 is 13.7. The normalized spacial score (nSPS) is 14.1. The monoisotopic (exact) mass is 604 g/mol. The van der Waals surface area contributed by atoms with E-state index in [1.54, 1.807) is 19.1 Å². The van der Waals surface area contributed by atoms with E-state index in [2.05, 4.69) is 21.0 Å². The van der Waals surface area contributed by atoms with Crippen LogP contribution in [0.1, 0.15) is 61.9 Å². The van der Waals surface area contributed by atoms with Gasteiger partial charge >= 0.3 is 5.69 Å². The molecule has 0 aliphatic heterocycles. The number of rotatable bonds is 9. The molecule has 1 fully saturated rings. The molecule has 1 aromatic heterocycles. The third-order valence-corrected chi connectivity index (χ3v) is 7.40. The van der Waals surface area contributed by atoms with Gasteiger partial charge in [0.15, 0.2) is 5.75 Å². The first kappa shape index (κ1) is 27.5. The van der Waals surface area contributed by atoms with E-state index in [1.165, 1.54) is 17.0 Å². The molecule has 0 atom stereocenters. The second-order valence-corrected chi connectivity index (χ2v) is 10.6. The van der Waals surface area contributed by atoms with Crippen LogP contribution in [0.2, 0.25) is 0 Å². The molecule has 206 valence electrons. The highest BCUT2D eigenvalue weighted by molar-refractivity contribution is 9.10. The highest BCUT2D eigenvalue weighted by atomic mass is 79.9. The summed E-state index contributed by atoms with van der Waals surface area (Å²) in [4.78, 5) is 30.0. The lowest BCUT2D eigenvalue weighted by Crippen LogP contribution is -2.25. The SMILES string of the molecule is CCOc1cc(C=Nn2c(C3CCCCC3)nc3ccc(Br)cc3c2=O)cc([N+](=O)[O-])c1OCc1ccccc1. The van der Waals surface area contributed by atoms with Crippen LogP contribution in [0, 0.1) is 10.1 Å². The lowest BCUT2D eigenvalue weighted by Gasteiger charge is -2.22. The molecule has 1 heterocycles. The summed E-state index contributed by atoms with van der Waals surface area (Å²) in [7, 11) is 0. The zero-order chi connectivity index (χ0) is 28.1. The molecule has 4 aromatic rings. The standard InChI is InChI=1S/C30H29BrN4O5/c1-2-39-27-16-21(15-26(35(37)38)28(27)40-19-20-9-5-3-6-10-20)18-32-34-29(22-11-7-4-8-12-22)33-25-14-13-23(31)17-24(25)30(34)36/h3,5-6,9-10,13-18,22H,2,4,7-8,11-12,19H2,1H3. The van der Waals surface area contributed by atoms with Crippen LogP contribution in [0.25, 0.3) is 10.9 Å². The van der Waals surface area contributed by atoms with E-state index in [9.17, 15) is 14.9 Å². The largest absolute Gasteiger partial charge is 0.490 e.